The first kappa shape index (κ1) is 27.1. The quantitative estimate of drug-likeness (QED) is 0.227. The molecule has 14 heteroatoms. The molecular weight excluding hydrogens is 617 g/mol. The molecule has 0 heterocycles. The summed E-state index contributed by atoms with van der Waals surface area (Å²) in [4.78, 5) is 11.9. The zero-order valence-electron chi connectivity index (χ0n) is 17.8. The molecule has 0 atom stereocenters. The van der Waals surface area contributed by atoms with Crippen molar-refractivity contribution in [2.24, 2.45) is 0 Å². The van der Waals surface area contributed by atoms with Gasteiger partial charge in [0.1, 0.15) is 22.9 Å². The fourth-order valence-corrected chi connectivity index (χ4v) is 5.52. The molecule has 190 valence electrons. The summed E-state index contributed by atoms with van der Waals surface area (Å²) in [6.07, 6.45) is -4.09. The van der Waals surface area contributed by atoms with Crippen molar-refractivity contribution in [1.82, 2.24) is 0 Å². The van der Waals surface area contributed by atoms with E-state index in [0.29, 0.717) is 6.07 Å². The zero-order chi connectivity index (χ0) is 26.3. The predicted octanol–water partition coefficient (Wildman–Crippen LogP) is 5.79. The van der Waals surface area contributed by atoms with Gasteiger partial charge in [0, 0.05) is 9.64 Å². The Labute approximate surface area is 210 Å². The number of benzene rings is 2. The number of nitrogens with zero attached hydrogens (tertiary/aromatic N) is 1. The van der Waals surface area contributed by atoms with Crippen molar-refractivity contribution >= 4 is 55.6 Å². The Balaban J connectivity index is 2.36. The van der Waals surface area contributed by atoms with Gasteiger partial charge in [0.05, 0.1) is 17.5 Å². The molecule has 1 aliphatic carbocycles. The van der Waals surface area contributed by atoms with Crippen molar-refractivity contribution in [2.45, 2.75) is 30.2 Å². The maximum Gasteiger partial charge on any atom is 0.472 e. The summed E-state index contributed by atoms with van der Waals surface area (Å²) >= 11 is 1.65. The predicted molar refractivity (Wildman–Crippen MR) is 125 cm³/mol. The Morgan fingerprint density at radius 2 is 1.86 bits per heavy atom. The van der Waals surface area contributed by atoms with E-state index in [0.717, 1.165) is 25.3 Å². The van der Waals surface area contributed by atoms with E-state index in [1.54, 1.807) is 22.6 Å². The minimum absolute atomic E-state index is 0.0411. The maximum absolute atomic E-state index is 15.1. The van der Waals surface area contributed by atoms with Crippen molar-refractivity contribution in [3.63, 3.8) is 0 Å². The molecule has 0 spiro atoms. The van der Waals surface area contributed by atoms with Crippen LogP contribution in [0.25, 0.3) is 0 Å². The number of rotatable bonds is 8. The lowest BCUT2D eigenvalue weighted by Gasteiger charge is -2.29. The summed E-state index contributed by atoms with van der Waals surface area (Å²) in [5, 5.41) is 0. The Morgan fingerprint density at radius 3 is 2.34 bits per heavy atom. The molecule has 3 rings (SSSR count). The highest BCUT2D eigenvalue weighted by atomic mass is 127. The lowest BCUT2D eigenvalue weighted by atomic mass is 10.1. The Hall–Kier alpha value is -2.49. The minimum Gasteiger partial charge on any atom is -0.494 e. The SMILES string of the molecule is C=CCC1(S(=O)(=O)Nc2c(OC)cc(F)c(F)c2N(C(=O)C(F)(F)F)c2ccc(I)cc2F)CC1. The Kier molecular flexibility index (Phi) is 7.37. The molecular formula is C21H17F6IN2O4S. The van der Waals surface area contributed by atoms with Gasteiger partial charge in [0.2, 0.25) is 10.0 Å². The van der Waals surface area contributed by atoms with Crippen LogP contribution >= 0.6 is 22.6 Å². The summed E-state index contributed by atoms with van der Waals surface area (Å²) in [6, 6.07) is 3.02. The van der Waals surface area contributed by atoms with E-state index in [1.165, 1.54) is 6.08 Å². The van der Waals surface area contributed by atoms with E-state index in [-0.39, 0.29) is 22.8 Å². The van der Waals surface area contributed by atoms with E-state index in [1.807, 2.05) is 4.72 Å². The molecule has 1 aliphatic rings. The average molecular weight is 634 g/mol. The first-order valence-corrected chi connectivity index (χ1v) is 12.3. The molecule has 2 aromatic carbocycles. The van der Waals surface area contributed by atoms with Gasteiger partial charge in [-0.3, -0.25) is 14.4 Å². The number of sulfonamides is 1. The maximum atomic E-state index is 15.1. The number of amides is 1. The highest BCUT2D eigenvalue weighted by Crippen LogP contribution is 2.50. The molecule has 0 saturated heterocycles. The summed E-state index contributed by atoms with van der Waals surface area (Å²) in [6.45, 7) is 3.47. The zero-order valence-corrected chi connectivity index (χ0v) is 20.8. The van der Waals surface area contributed by atoms with Crippen LogP contribution in [-0.4, -0.2) is 32.4 Å². The monoisotopic (exact) mass is 634 g/mol. The summed E-state index contributed by atoms with van der Waals surface area (Å²) in [5.41, 5.74) is -3.61. The molecule has 0 unspecified atom stereocenters. The van der Waals surface area contributed by atoms with E-state index < -0.39 is 72.0 Å². The van der Waals surface area contributed by atoms with Gasteiger partial charge < -0.3 is 4.74 Å². The lowest BCUT2D eigenvalue weighted by molar-refractivity contribution is -0.169. The van der Waals surface area contributed by atoms with Crippen LogP contribution in [0.5, 0.6) is 5.75 Å². The highest BCUT2D eigenvalue weighted by Gasteiger charge is 2.54. The largest absolute Gasteiger partial charge is 0.494 e. The molecule has 0 aromatic heterocycles. The first-order valence-electron chi connectivity index (χ1n) is 9.74. The number of allylic oxidation sites excluding steroid dienone is 1. The second-order valence-corrected chi connectivity index (χ2v) is 10.9. The van der Waals surface area contributed by atoms with Gasteiger partial charge in [-0.25, -0.2) is 21.6 Å². The second-order valence-electron chi connectivity index (χ2n) is 7.61. The molecule has 2 aromatic rings. The van der Waals surface area contributed by atoms with Gasteiger partial charge in [-0.1, -0.05) is 6.08 Å². The molecule has 0 bridgehead atoms. The minimum atomic E-state index is -5.68. The third-order valence-corrected chi connectivity index (χ3v) is 8.19. The molecule has 0 aliphatic heterocycles. The van der Waals surface area contributed by atoms with Crippen LogP contribution in [0.15, 0.2) is 36.9 Å². The summed E-state index contributed by atoms with van der Waals surface area (Å²) in [7, 11) is -3.52. The fourth-order valence-electron chi connectivity index (χ4n) is 3.41. The van der Waals surface area contributed by atoms with E-state index in [4.69, 9.17) is 4.74 Å². The van der Waals surface area contributed by atoms with Crippen LogP contribution in [0.3, 0.4) is 0 Å². The van der Waals surface area contributed by atoms with Crippen LogP contribution in [0.1, 0.15) is 19.3 Å². The number of halogens is 7. The molecule has 1 fully saturated rings. The topological polar surface area (TPSA) is 75.7 Å². The normalized spacial score (nSPS) is 14.9. The fraction of sp³-hybridized carbons (Fsp3) is 0.286. The van der Waals surface area contributed by atoms with Crippen molar-refractivity contribution in [1.29, 1.82) is 0 Å². The van der Waals surface area contributed by atoms with Crippen molar-refractivity contribution in [3.8, 4) is 5.75 Å². The molecule has 6 nitrogen and oxygen atoms in total. The molecule has 1 N–H and O–H groups in total. The number of nitrogens with one attached hydrogen (secondary N) is 1. The number of hydrogen-bond acceptors (Lipinski definition) is 4. The average Bonchev–Trinajstić information content (AvgIpc) is 3.54. The summed E-state index contributed by atoms with van der Waals surface area (Å²) < 4.78 is 117. The van der Waals surface area contributed by atoms with Crippen molar-refractivity contribution in [3.05, 3.63) is 57.9 Å². The number of hydrogen-bond donors (Lipinski definition) is 1. The van der Waals surface area contributed by atoms with Gasteiger partial charge in [0.15, 0.2) is 11.6 Å². The number of alkyl halides is 3. The highest BCUT2D eigenvalue weighted by molar-refractivity contribution is 14.1. The number of anilines is 3. The van der Waals surface area contributed by atoms with Crippen LogP contribution in [-0.2, 0) is 14.8 Å². The smallest absolute Gasteiger partial charge is 0.472 e. The van der Waals surface area contributed by atoms with Crippen LogP contribution in [0.2, 0.25) is 0 Å². The van der Waals surface area contributed by atoms with E-state index in [2.05, 4.69) is 6.58 Å². The van der Waals surface area contributed by atoms with Gasteiger partial charge in [-0.15, -0.1) is 6.58 Å². The molecule has 0 radical (unpaired) electrons. The van der Waals surface area contributed by atoms with Gasteiger partial charge in [-0.05, 0) is 60.1 Å². The van der Waals surface area contributed by atoms with Gasteiger partial charge >= 0.3 is 12.1 Å². The van der Waals surface area contributed by atoms with Crippen molar-refractivity contribution < 1.29 is 44.3 Å². The van der Waals surface area contributed by atoms with E-state index in [9.17, 15) is 35.2 Å². The standard InChI is InChI=1S/C21H17F6IN2O4S/c1-3-6-20(7-8-20)35(32,33)29-17-15(34-2)10-13(23)16(24)18(17)30(19(31)21(25,26)27)14-5-4-11(28)9-12(14)22/h3-5,9-10,29H,1,6-8H2,2H3. The van der Waals surface area contributed by atoms with Gasteiger partial charge in [-0.2, -0.15) is 13.2 Å². The third-order valence-electron chi connectivity index (χ3n) is 5.33. The Bertz CT molecular complexity index is 1300. The Morgan fingerprint density at radius 1 is 1.23 bits per heavy atom. The third kappa shape index (κ3) is 5.08. The number of carbonyl (C=O) groups is 1. The first-order chi connectivity index (χ1) is 16.2. The summed E-state index contributed by atoms with van der Waals surface area (Å²) in [5.74, 6) is -8.71. The molecule has 1 saturated carbocycles. The lowest BCUT2D eigenvalue weighted by Crippen LogP contribution is -2.40. The van der Waals surface area contributed by atoms with Crippen molar-refractivity contribution in [2.75, 3.05) is 16.7 Å². The van der Waals surface area contributed by atoms with Crippen LogP contribution in [0, 0.1) is 21.0 Å². The number of methoxy groups -OCH3 is 1. The van der Waals surface area contributed by atoms with Crippen LogP contribution < -0.4 is 14.4 Å². The molecule has 35 heavy (non-hydrogen) atoms. The van der Waals surface area contributed by atoms with Gasteiger partial charge in [0.25, 0.3) is 0 Å². The molecule has 1 amide bonds. The number of carbonyl (C=O) groups excluding carboxylic acids is 1. The second kappa shape index (κ2) is 9.52. The van der Waals surface area contributed by atoms with Crippen LogP contribution in [0.4, 0.5) is 43.4 Å². The number of ether oxygens (including phenoxy) is 1. The van der Waals surface area contributed by atoms with E-state index >= 15 is 4.39 Å².